The fourth-order valence-electron chi connectivity index (χ4n) is 6.07. The minimum absolute atomic E-state index is 0.113. The van der Waals surface area contributed by atoms with Gasteiger partial charge in [0.15, 0.2) is 0 Å². The summed E-state index contributed by atoms with van der Waals surface area (Å²) in [7, 11) is 0. The van der Waals surface area contributed by atoms with Crippen molar-refractivity contribution >= 4 is 17.8 Å². The van der Waals surface area contributed by atoms with Gasteiger partial charge in [0.2, 0.25) is 11.8 Å². The van der Waals surface area contributed by atoms with E-state index >= 15 is 0 Å². The predicted octanol–water partition coefficient (Wildman–Crippen LogP) is 11.4. The average Bonchev–Trinajstić information content (AvgIpc) is 3.04. The Kier molecular flexibility index (Phi) is 33.6. The van der Waals surface area contributed by atoms with E-state index in [0.717, 1.165) is 31.6 Å². The largest absolute Gasteiger partial charge is 0.481 e. The van der Waals surface area contributed by atoms with Gasteiger partial charge >= 0.3 is 5.97 Å². The second-order valence-electron chi connectivity index (χ2n) is 14.0. The zero-order valence-electron chi connectivity index (χ0n) is 31.1. The number of aliphatic carboxylic acids is 1. The Morgan fingerprint density at radius 2 is 0.979 bits per heavy atom. The third-order valence-corrected chi connectivity index (χ3v) is 9.12. The van der Waals surface area contributed by atoms with Crippen molar-refractivity contribution < 1.29 is 19.5 Å². The summed E-state index contributed by atoms with van der Waals surface area (Å²) >= 11 is 0. The van der Waals surface area contributed by atoms with Crippen LogP contribution in [0.5, 0.6) is 0 Å². The number of hydrogen-bond donors (Lipinski definition) is 3. The van der Waals surface area contributed by atoms with E-state index < -0.39 is 18.3 Å². The molecule has 47 heavy (non-hydrogen) atoms. The van der Waals surface area contributed by atoms with Crippen molar-refractivity contribution in [1.29, 1.82) is 0 Å². The van der Waals surface area contributed by atoms with E-state index in [1.54, 1.807) is 0 Å². The molecular formula is C41H76N2O4. The number of allylic oxidation sites excluding steroid dienone is 4. The molecule has 0 saturated heterocycles. The fraction of sp³-hybridized carbons (Fsp3) is 0.829. The average molecular weight is 661 g/mol. The van der Waals surface area contributed by atoms with E-state index in [1.165, 1.54) is 148 Å². The number of carbonyl (C=O) groups excluding carboxylic acids is 2. The SMILES string of the molecule is CCCCC/C=C\CC(C)CCCCCCCCC(CCCCCCCC/C=C\CCCCCCC)NC(=O)CNC(=O)CC(=O)O. The molecule has 0 aliphatic rings. The normalized spacial score (nSPS) is 12.9. The van der Waals surface area contributed by atoms with E-state index in [4.69, 9.17) is 5.11 Å². The summed E-state index contributed by atoms with van der Waals surface area (Å²) in [5, 5.41) is 14.3. The molecular weight excluding hydrogens is 584 g/mol. The molecule has 3 N–H and O–H groups in total. The van der Waals surface area contributed by atoms with Gasteiger partial charge in [-0.15, -0.1) is 0 Å². The lowest BCUT2D eigenvalue weighted by atomic mass is 9.97. The molecule has 2 amide bonds. The molecule has 0 radical (unpaired) electrons. The second kappa shape index (κ2) is 35.2. The summed E-state index contributed by atoms with van der Waals surface area (Å²) in [6, 6.07) is 0.113. The summed E-state index contributed by atoms with van der Waals surface area (Å²) in [5.74, 6) is -1.28. The van der Waals surface area contributed by atoms with Crippen molar-refractivity contribution in [3.63, 3.8) is 0 Å². The van der Waals surface area contributed by atoms with Gasteiger partial charge in [-0.3, -0.25) is 14.4 Å². The smallest absolute Gasteiger partial charge is 0.312 e. The van der Waals surface area contributed by atoms with Gasteiger partial charge in [-0.1, -0.05) is 161 Å². The molecule has 2 atom stereocenters. The summed E-state index contributed by atoms with van der Waals surface area (Å²) in [6.07, 6.45) is 42.4. The molecule has 0 aromatic heterocycles. The number of unbranched alkanes of at least 4 members (excludes halogenated alkanes) is 19. The molecule has 6 heteroatoms. The van der Waals surface area contributed by atoms with E-state index in [0.29, 0.717) is 0 Å². The summed E-state index contributed by atoms with van der Waals surface area (Å²) in [4.78, 5) is 34.9. The lowest BCUT2D eigenvalue weighted by Crippen LogP contribution is -2.42. The first kappa shape index (κ1) is 44.9. The van der Waals surface area contributed by atoms with Gasteiger partial charge in [-0.25, -0.2) is 0 Å². The molecule has 0 heterocycles. The lowest BCUT2D eigenvalue weighted by molar-refractivity contribution is -0.141. The Balaban J connectivity index is 4.18. The van der Waals surface area contributed by atoms with Crippen LogP contribution in [0, 0.1) is 5.92 Å². The van der Waals surface area contributed by atoms with Gasteiger partial charge < -0.3 is 15.7 Å². The van der Waals surface area contributed by atoms with Crippen molar-refractivity contribution in [1.82, 2.24) is 10.6 Å². The second-order valence-corrected chi connectivity index (χ2v) is 14.0. The first-order valence-electron chi connectivity index (χ1n) is 20.0. The lowest BCUT2D eigenvalue weighted by Gasteiger charge is -2.19. The van der Waals surface area contributed by atoms with Crippen LogP contribution in [0.4, 0.5) is 0 Å². The number of hydrogen-bond acceptors (Lipinski definition) is 3. The highest BCUT2D eigenvalue weighted by Gasteiger charge is 2.14. The van der Waals surface area contributed by atoms with E-state index in [-0.39, 0.29) is 18.5 Å². The van der Waals surface area contributed by atoms with Crippen molar-refractivity contribution in [3.8, 4) is 0 Å². The van der Waals surface area contributed by atoms with Gasteiger partial charge in [0.05, 0.1) is 6.54 Å². The molecule has 2 unspecified atom stereocenters. The third kappa shape index (κ3) is 35.0. The van der Waals surface area contributed by atoms with Gasteiger partial charge in [0, 0.05) is 6.04 Å². The summed E-state index contributed by atoms with van der Waals surface area (Å²) in [5.41, 5.74) is 0. The molecule has 274 valence electrons. The van der Waals surface area contributed by atoms with Crippen molar-refractivity contribution in [3.05, 3.63) is 24.3 Å². The Labute approximate surface area is 290 Å². The predicted molar refractivity (Wildman–Crippen MR) is 201 cm³/mol. The molecule has 0 saturated carbocycles. The number of rotatable bonds is 35. The van der Waals surface area contributed by atoms with E-state index in [9.17, 15) is 14.4 Å². The highest BCUT2D eigenvalue weighted by atomic mass is 16.4. The fourth-order valence-corrected chi connectivity index (χ4v) is 6.07. The van der Waals surface area contributed by atoms with Crippen molar-refractivity contribution in [2.45, 2.75) is 207 Å². The van der Waals surface area contributed by atoms with Crippen LogP contribution >= 0.6 is 0 Å². The first-order chi connectivity index (χ1) is 22.9. The van der Waals surface area contributed by atoms with Crippen LogP contribution in [0.15, 0.2) is 24.3 Å². The molecule has 0 bridgehead atoms. The van der Waals surface area contributed by atoms with Crippen molar-refractivity contribution in [2.24, 2.45) is 5.92 Å². The summed E-state index contributed by atoms with van der Waals surface area (Å²) in [6.45, 7) is 6.73. The quantitative estimate of drug-likeness (QED) is 0.0358. The van der Waals surface area contributed by atoms with E-state index in [2.05, 4.69) is 55.7 Å². The first-order valence-corrected chi connectivity index (χ1v) is 20.0. The zero-order valence-corrected chi connectivity index (χ0v) is 31.1. The number of carboxylic acid groups (broad SMARTS) is 1. The van der Waals surface area contributed by atoms with Gasteiger partial charge in [0.25, 0.3) is 0 Å². The van der Waals surface area contributed by atoms with E-state index in [1.807, 2.05) is 0 Å². The van der Waals surface area contributed by atoms with Gasteiger partial charge in [0.1, 0.15) is 6.42 Å². The van der Waals surface area contributed by atoms with Crippen LogP contribution in [0.1, 0.15) is 201 Å². The Morgan fingerprint density at radius 3 is 1.51 bits per heavy atom. The van der Waals surface area contributed by atoms with Crippen LogP contribution in [0.3, 0.4) is 0 Å². The Morgan fingerprint density at radius 1 is 0.553 bits per heavy atom. The maximum atomic E-state index is 12.5. The Bertz CT molecular complexity index is 794. The highest BCUT2D eigenvalue weighted by Crippen LogP contribution is 2.18. The minimum Gasteiger partial charge on any atom is -0.481 e. The van der Waals surface area contributed by atoms with Gasteiger partial charge in [-0.05, 0) is 63.7 Å². The maximum absolute atomic E-state index is 12.5. The number of nitrogens with one attached hydrogen (secondary N) is 2. The van der Waals surface area contributed by atoms with Crippen LogP contribution in [0.25, 0.3) is 0 Å². The third-order valence-electron chi connectivity index (χ3n) is 9.12. The molecule has 6 nitrogen and oxygen atoms in total. The molecule has 0 fully saturated rings. The monoisotopic (exact) mass is 661 g/mol. The van der Waals surface area contributed by atoms with Crippen LogP contribution in [-0.2, 0) is 14.4 Å². The minimum atomic E-state index is -1.19. The maximum Gasteiger partial charge on any atom is 0.312 e. The molecule has 0 aromatic carbocycles. The number of carboxylic acids is 1. The molecule has 0 aliphatic carbocycles. The van der Waals surface area contributed by atoms with Gasteiger partial charge in [-0.2, -0.15) is 0 Å². The standard InChI is InChI=1S/C41H76N2O4/c1-4-6-8-10-12-13-14-15-16-17-18-19-20-25-29-33-38(43-40(45)36-42-39(44)35-41(46)47)34-30-26-22-21-24-28-32-37(3)31-27-23-11-9-7-5-2/h14-15,23,27,37-38H,4-13,16-22,24-26,28-36H2,1-3H3,(H,42,44)(H,43,45)(H,46,47)/b15-14-,27-23-. The summed E-state index contributed by atoms with van der Waals surface area (Å²) < 4.78 is 0. The number of amides is 2. The zero-order chi connectivity index (χ0) is 34.6. The molecule has 0 rings (SSSR count). The van der Waals surface area contributed by atoms with Crippen LogP contribution in [0.2, 0.25) is 0 Å². The molecule has 0 spiro atoms. The topological polar surface area (TPSA) is 95.5 Å². The Hall–Kier alpha value is -2.11. The molecule has 0 aliphatic heterocycles. The highest BCUT2D eigenvalue weighted by molar-refractivity contribution is 5.95. The van der Waals surface area contributed by atoms with Crippen LogP contribution in [-0.4, -0.2) is 35.5 Å². The van der Waals surface area contributed by atoms with Crippen molar-refractivity contribution in [2.75, 3.05) is 6.54 Å². The molecule has 0 aromatic rings. The van der Waals surface area contributed by atoms with Crippen LogP contribution < -0.4 is 10.6 Å². The number of carbonyl (C=O) groups is 3.